The summed E-state index contributed by atoms with van der Waals surface area (Å²) in [4.78, 5) is 13.7. The van der Waals surface area contributed by atoms with E-state index in [0.29, 0.717) is 26.3 Å². The Balaban J connectivity index is 1.75. The van der Waals surface area contributed by atoms with E-state index in [2.05, 4.69) is 4.90 Å². The van der Waals surface area contributed by atoms with E-state index in [1.807, 2.05) is 6.07 Å². The Bertz CT molecular complexity index is 528. The molecule has 0 bridgehead atoms. The number of ether oxygens (including phenoxy) is 1. The average molecular weight is 293 g/mol. The summed E-state index contributed by atoms with van der Waals surface area (Å²) in [6.45, 7) is 3.16. The minimum atomic E-state index is -0.723. The van der Waals surface area contributed by atoms with Crippen molar-refractivity contribution in [3.63, 3.8) is 0 Å². The maximum atomic E-state index is 13.3. The summed E-state index contributed by atoms with van der Waals surface area (Å²) in [5.74, 6) is -1.32. The van der Waals surface area contributed by atoms with Crippen LogP contribution in [0.5, 0.6) is 0 Å². The van der Waals surface area contributed by atoms with Crippen LogP contribution in [0.3, 0.4) is 0 Å². The first-order valence-electron chi connectivity index (χ1n) is 7.36. The van der Waals surface area contributed by atoms with Crippen molar-refractivity contribution in [2.24, 2.45) is 11.3 Å². The molecule has 0 aromatic heterocycles. The van der Waals surface area contributed by atoms with Gasteiger partial charge in [-0.2, -0.15) is 0 Å². The highest BCUT2D eigenvalue weighted by atomic mass is 19.1. The van der Waals surface area contributed by atoms with Crippen LogP contribution in [0.4, 0.5) is 4.39 Å². The van der Waals surface area contributed by atoms with Crippen LogP contribution in [0.15, 0.2) is 24.3 Å². The molecule has 21 heavy (non-hydrogen) atoms. The Morgan fingerprint density at radius 2 is 2.19 bits per heavy atom. The van der Waals surface area contributed by atoms with Crippen molar-refractivity contribution in [1.29, 1.82) is 0 Å². The van der Waals surface area contributed by atoms with E-state index in [1.54, 1.807) is 6.07 Å². The predicted molar refractivity (Wildman–Crippen MR) is 75.3 cm³/mol. The Hall–Kier alpha value is -1.46. The van der Waals surface area contributed by atoms with Crippen molar-refractivity contribution in [1.82, 2.24) is 4.90 Å². The SMILES string of the molecule is O=C(O)[C@@H]1CN(Cc2cccc(F)c2)CC12CCOCC2. The number of carboxylic acid groups (broad SMARTS) is 1. The predicted octanol–water partition coefficient (Wildman–Crippen LogP) is 2.14. The smallest absolute Gasteiger partial charge is 0.308 e. The number of hydrogen-bond donors (Lipinski definition) is 1. The second-order valence-electron chi connectivity index (χ2n) is 6.17. The Morgan fingerprint density at radius 1 is 1.43 bits per heavy atom. The van der Waals surface area contributed by atoms with Crippen LogP contribution < -0.4 is 0 Å². The van der Waals surface area contributed by atoms with Crippen LogP contribution in [0.1, 0.15) is 18.4 Å². The van der Waals surface area contributed by atoms with Gasteiger partial charge in [-0.15, -0.1) is 0 Å². The van der Waals surface area contributed by atoms with Crippen LogP contribution in [-0.2, 0) is 16.1 Å². The normalized spacial score (nSPS) is 25.3. The first-order chi connectivity index (χ1) is 10.1. The van der Waals surface area contributed by atoms with Crippen molar-refractivity contribution in [2.45, 2.75) is 19.4 Å². The zero-order valence-corrected chi connectivity index (χ0v) is 11.9. The summed E-state index contributed by atoms with van der Waals surface area (Å²) in [6, 6.07) is 6.52. The standard InChI is InChI=1S/C16H20FNO3/c17-13-3-1-2-12(8-13)9-18-10-14(15(19)20)16(11-18)4-6-21-7-5-16/h1-3,8,14H,4-7,9-11H2,(H,19,20)/t14-/m0/s1. The molecule has 4 nitrogen and oxygen atoms in total. The lowest BCUT2D eigenvalue weighted by Gasteiger charge is -2.36. The second kappa shape index (κ2) is 5.73. The van der Waals surface area contributed by atoms with E-state index in [0.717, 1.165) is 24.9 Å². The van der Waals surface area contributed by atoms with Gasteiger partial charge in [-0.3, -0.25) is 9.69 Å². The molecule has 0 radical (unpaired) electrons. The number of aliphatic carboxylic acids is 1. The second-order valence-corrected chi connectivity index (χ2v) is 6.17. The first-order valence-corrected chi connectivity index (χ1v) is 7.36. The molecule has 3 rings (SSSR count). The number of carboxylic acids is 1. The van der Waals surface area contributed by atoms with Gasteiger partial charge in [0.25, 0.3) is 0 Å². The van der Waals surface area contributed by atoms with E-state index in [-0.39, 0.29) is 17.2 Å². The molecule has 2 fully saturated rings. The van der Waals surface area contributed by atoms with Gasteiger partial charge in [0.05, 0.1) is 5.92 Å². The van der Waals surface area contributed by atoms with Crippen LogP contribution in [-0.4, -0.2) is 42.3 Å². The molecule has 1 aromatic rings. The van der Waals surface area contributed by atoms with Crippen LogP contribution in [0, 0.1) is 17.2 Å². The topological polar surface area (TPSA) is 49.8 Å². The number of hydrogen-bond acceptors (Lipinski definition) is 3. The zero-order valence-electron chi connectivity index (χ0n) is 11.9. The number of carbonyl (C=O) groups is 1. The molecule has 2 aliphatic heterocycles. The minimum Gasteiger partial charge on any atom is -0.481 e. The Morgan fingerprint density at radius 3 is 2.86 bits per heavy atom. The van der Waals surface area contributed by atoms with E-state index in [4.69, 9.17) is 4.74 Å². The van der Waals surface area contributed by atoms with E-state index in [9.17, 15) is 14.3 Å². The van der Waals surface area contributed by atoms with Gasteiger partial charge in [-0.05, 0) is 30.5 Å². The summed E-state index contributed by atoms with van der Waals surface area (Å²) in [7, 11) is 0. The Kier molecular flexibility index (Phi) is 3.95. The van der Waals surface area contributed by atoms with E-state index < -0.39 is 5.97 Å². The lowest BCUT2D eigenvalue weighted by Crippen LogP contribution is -2.40. The van der Waals surface area contributed by atoms with Gasteiger partial charge in [0.1, 0.15) is 5.82 Å². The summed E-state index contributed by atoms with van der Waals surface area (Å²) in [5, 5.41) is 9.53. The fraction of sp³-hybridized carbons (Fsp3) is 0.562. The molecule has 0 unspecified atom stereocenters. The molecule has 114 valence electrons. The van der Waals surface area contributed by atoms with Gasteiger partial charge in [0.2, 0.25) is 0 Å². The lowest BCUT2D eigenvalue weighted by atomic mass is 9.72. The molecule has 5 heteroatoms. The third-order valence-corrected chi connectivity index (χ3v) is 4.80. The maximum Gasteiger partial charge on any atom is 0.308 e. The quantitative estimate of drug-likeness (QED) is 0.927. The number of nitrogens with zero attached hydrogens (tertiary/aromatic N) is 1. The highest BCUT2D eigenvalue weighted by Gasteiger charge is 2.50. The fourth-order valence-electron chi connectivity index (χ4n) is 3.71. The monoisotopic (exact) mass is 293 g/mol. The van der Waals surface area contributed by atoms with Gasteiger partial charge in [-0.25, -0.2) is 4.39 Å². The average Bonchev–Trinajstić information content (AvgIpc) is 2.78. The third-order valence-electron chi connectivity index (χ3n) is 4.80. The molecule has 1 atom stereocenters. The molecule has 2 saturated heterocycles. The molecule has 2 aliphatic rings. The largest absolute Gasteiger partial charge is 0.481 e. The lowest BCUT2D eigenvalue weighted by molar-refractivity contribution is -0.146. The molecule has 1 aromatic carbocycles. The maximum absolute atomic E-state index is 13.3. The zero-order chi connectivity index (χ0) is 14.9. The molecule has 0 saturated carbocycles. The van der Waals surface area contributed by atoms with Gasteiger partial charge < -0.3 is 9.84 Å². The summed E-state index contributed by atoms with van der Waals surface area (Å²) >= 11 is 0. The van der Waals surface area contributed by atoms with Gasteiger partial charge in [0.15, 0.2) is 0 Å². The van der Waals surface area contributed by atoms with Gasteiger partial charge >= 0.3 is 5.97 Å². The third kappa shape index (κ3) is 2.94. The van der Waals surface area contributed by atoms with Crippen molar-refractivity contribution >= 4 is 5.97 Å². The first kappa shape index (κ1) is 14.5. The van der Waals surface area contributed by atoms with Crippen LogP contribution in [0.2, 0.25) is 0 Å². The fourth-order valence-corrected chi connectivity index (χ4v) is 3.71. The van der Waals surface area contributed by atoms with E-state index in [1.165, 1.54) is 12.1 Å². The summed E-state index contributed by atoms with van der Waals surface area (Å²) < 4.78 is 18.7. The molecular weight excluding hydrogens is 273 g/mol. The molecule has 1 spiro atoms. The van der Waals surface area contributed by atoms with Crippen LogP contribution in [0.25, 0.3) is 0 Å². The van der Waals surface area contributed by atoms with Gasteiger partial charge in [-0.1, -0.05) is 12.1 Å². The number of rotatable bonds is 3. The minimum absolute atomic E-state index is 0.183. The van der Waals surface area contributed by atoms with E-state index >= 15 is 0 Å². The number of halogens is 1. The molecule has 2 heterocycles. The van der Waals surface area contributed by atoms with Crippen molar-refractivity contribution in [3.8, 4) is 0 Å². The summed E-state index contributed by atoms with van der Waals surface area (Å²) in [5.41, 5.74) is 0.709. The Labute approximate surface area is 123 Å². The van der Waals surface area contributed by atoms with Gasteiger partial charge in [0, 0.05) is 38.3 Å². The van der Waals surface area contributed by atoms with Crippen molar-refractivity contribution in [2.75, 3.05) is 26.3 Å². The molecule has 0 amide bonds. The number of likely N-dealkylation sites (tertiary alicyclic amines) is 1. The highest BCUT2D eigenvalue weighted by Crippen LogP contribution is 2.44. The number of benzene rings is 1. The highest BCUT2D eigenvalue weighted by molar-refractivity contribution is 5.72. The van der Waals surface area contributed by atoms with Crippen molar-refractivity contribution < 1.29 is 19.0 Å². The molecule has 0 aliphatic carbocycles. The summed E-state index contributed by atoms with van der Waals surface area (Å²) in [6.07, 6.45) is 1.59. The van der Waals surface area contributed by atoms with Crippen molar-refractivity contribution in [3.05, 3.63) is 35.6 Å². The molecule has 1 N–H and O–H groups in total. The van der Waals surface area contributed by atoms with Crippen LogP contribution >= 0.6 is 0 Å². The molecular formula is C16H20FNO3.